The van der Waals surface area contributed by atoms with E-state index < -0.39 is 0 Å². The van der Waals surface area contributed by atoms with Gasteiger partial charge in [-0.2, -0.15) is 4.98 Å². The van der Waals surface area contributed by atoms with Crippen molar-refractivity contribution in [1.82, 2.24) is 15.0 Å². The number of amides is 1. The molecule has 0 bridgehead atoms. The van der Waals surface area contributed by atoms with Crippen LogP contribution in [0.1, 0.15) is 28.7 Å². The smallest absolute Gasteiger partial charge is 0.289 e. The first-order valence-corrected chi connectivity index (χ1v) is 6.34. The van der Waals surface area contributed by atoms with E-state index in [-0.39, 0.29) is 11.8 Å². The summed E-state index contributed by atoms with van der Waals surface area (Å²) in [6, 6.07) is 3.37. The van der Waals surface area contributed by atoms with Gasteiger partial charge in [0.2, 0.25) is 6.39 Å². The van der Waals surface area contributed by atoms with Crippen LogP contribution in [0.4, 0.5) is 0 Å². The molecule has 1 aliphatic heterocycles. The molecule has 6 nitrogen and oxygen atoms in total. The molecule has 7 heteroatoms. The third-order valence-electron chi connectivity index (χ3n) is 3.00. The molecule has 1 amide bonds. The average molecular weight is 312 g/mol. The molecule has 0 saturated carbocycles. The molecule has 3 heterocycles. The number of aromatic nitrogens is 2. The van der Waals surface area contributed by atoms with Gasteiger partial charge in [0.1, 0.15) is 0 Å². The molecule has 1 aliphatic rings. The fourth-order valence-corrected chi connectivity index (χ4v) is 2.41. The van der Waals surface area contributed by atoms with Gasteiger partial charge >= 0.3 is 0 Å². The minimum absolute atomic E-state index is 0.105. The molecule has 94 valence electrons. The van der Waals surface area contributed by atoms with Crippen LogP contribution < -0.4 is 0 Å². The van der Waals surface area contributed by atoms with Crippen LogP contribution in [-0.2, 0) is 0 Å². The van der Waals surface area contributed by atoms with Gasteiger partial charge in [0, 0.05) is 19.0 Å². The van der Waals surface area contributed by atoms with E-state index in [1.165, 1.54) is 6.39 Å². The Morgan fingerprint density at radius 1 is 1.50 bits per heavy atom. The summed E-state index contributed by atoms with van der Waals surface area (Å²) in [6.07, 6.45) is 2.15. The quantitative estimate of drug-likeness (QED) is 0.848. The van der Waals surface area contributed by atoms with E-state index in [1.54, 1.807) is 17.0 Å². The van der Waals surface area contributed by atoms with Crippen LogP contribution in [0.3, 0.4) is 0 Å². The van der Waals surface area contributed by atoms with Crippen molar-refractivity contribution in [3.05, 3.63) is 34.8 Å². The van der Waals surface area contributed by atoms with Crippen molar-refractivity contribution in [2.45, 2.75) is 12.3 Å². The lowest BCUT2D eigenvalue weighted by atomic mass is 10.1. The molecular weight excluding hydrogens is 302 g/mol. The number of halogens is 1. The maximum absolute atomic E-state index is 12.1. The van der Waals surface area contributed by atoms with Crippen molar-refractivity contribution in [1.29, 1.82) is 0 Å². The Kier molecular flexibility index (Phi) is 2.91. The number of hydrogen-bond donors (Lipinski definition) is 0. The fraction of sp³-hybridized carbons (Fsp3) is 0.364. The predicted octanol–water partition coefficient (Wildman–Crippen LogP) is 2.05. The minimum Gasteiger partial charge on any atom is -0.444 e. The van der Waals surface area contributed by atoms with Gasteiger partial charge in [-0.05, 0) is 34.5 Å². The van der Waals surface area contributed by atoms with Crippen molar-refractivity contribution in [2.75, 3.05) is 13.1 Å². The van der Waals surface area contributed by atoms with Crippen LogP contribution in [0.25, 0.3) is 0 Å². The summed E-state index contributed by atoms with van der Waals surface area (Å²) in [5, 5.41) is 3.81. The molecule has 2 aromatic rings. The Morgan fingerprint density at radius 2 is 2.39 bits per heavy atom. The number of rotatable bonds is 2. The Balaban J connectivity index is 1.70. The second-order valence-corrected chi connectivity index (χ2v) is 4.91. The van der Waals surface area contributed by atoms with Gasteiger partial charge in [0.15, 0.2) is 16.3 Å². The molecule has 3 rings (SSSR count). The van der Waals surface area contributed by atoms with E-state index in [0.717, 1.165) is 6.42 Å². The summed E-state index contributed by atoms with van der Waals surface area (Å²) >= 11 is 3.18. The number of hydrogen-bond acceptors (Lipinski definition) is 5. The van der Waals surface area contributed by atoms with E-state index >= 15 is 0 Å². The van der Waals surface area contributed by atoms with Gasteiger partial charge < -0.3 is 13.8 Å². The molecule has 0 spiro atoms. The van der Waals surface area contributed by atoms with Gasteiger partial charge in [0.25, 0.3) is 5.91 Å². The lowest BCUT2D eigenvalue weighted by molar-refractivity contribution is 0.0757. The van der Waals surface area contributed by atoms with Crippen LogP contribution in [0.2, 0.25) is 0 Å². The molecule has 0 radical (unpaired) electrons. The molecule has 0 aliphatic carbocycles. The average Bonchev–Trinajstić information content (AvgIpc) is 3.09. The van der Waals surface area contributed by atoms with E-state index in [1.807, 2.05) is 0 Å². The highest BCUT2D eigenvalue weighted by Gasteiger charge is 2.31. The highest BCUT2D eigenvalue weighted by atomic mass is 79.9. The van der Waals surface area contributed by atoms with Gasteiger partial charge in [0.05, 0.1) is 0 Å². The minimum atomic E-state index is -0.105. The van der Waals surface area contributed by atoms with Crippen LogP contribution in [0.15, 0.2) is 32.1 Å². The van der Waals surface area contributed by atoms with Gasteiger partial charge in [-0.1, -0.05) is 5.16 Å². The first-order valence-electron chi connectivity index (χ1n) is 5.55. The lowest BCUT2D eigenvalue weighted by Gasteiger charge is -2.13. The van der Waals surface area contributed by atoms with Crippen LogP contribution >= 0.6 is 15.9 Å². The van der Waals surface area contributed by atoms with E-state index in [2.05, 4.69) is 26.1 Å². The molecule has 0 unspecified atom stereocenters. The van der Waals surface area contributed by atoms with Gasteiger partial charge in [-0.3, -0.25) is 4.79 Å². The molecule has 2 aromatic heterocycles. The van der Waals surface area contributed by atoms with Crippen molar-refractivity contribution in [2.24, 2.45) is 0 Å². The third-order valence-corrected chi connectivity index (χ3v) is 3.43. The fourth-order valence-electron chi connectivity index (χ4n) is 2.10. The number of carbonyl (C=O) groups is 1. The van der Waals surface area contributed by atoms with Crippen molar-refractivity contribution in [3.63, 3.8) is 0 Å². The number of likely N-dealkylation sites (tertiary alicyclic amines) is 1. The van der Waals surface area contributed by atoms with E-state index in [0.29, 0.717) is 29.3 Å². The van der Waals surface area contributed by atoms with Crippen LogP contribution in [0.5, 0.6) is 0 Å². The predicted molar refractivity (Wildman–Crippen MR) is 64.0 cm³/mol. The van der Waals surface area contributed by atoms with E-state index in [9.17, 15) is 4.79 Å². The summed E-state index contributed by atoms with van der Waals surface area (Å²) in [5.74, 6) is 1.04. The first-order chi connectivity index (χ1) is 8.74. The van der Waals surface area contributed by atoms with Gasteiger partial charge in [-0.25, -0.2) is 0 Å². The highest BCUT2D eigenvalue weighted by Crippen LogP contribution is 2.26. The van der Waals surface area contributed by atoms with Crippen molar-refractivity contribution >= 4 is 21.8 Å². The SMILES string of the molecule is O=C(c1ccc(Br)o1)N1CC[C@@H](c2ncon2)C1. The van der Waals surface area contributed by atoms with Crippen LogP contribution in [-0.4, -0.2) is 34.0 Å². The van der Waals surface area contributed by atoms with Gasteiger partial charge in [-0.15, -0.1) is 0 Å². The molecule has 0 aromatic carbocycles. The second-order valence-electron chi connectivity index (χ2n) is 4.13. The Morgan fingerprint density at radius 3 is 3.06 bits per heavy atom. The van der Waals surface area contributed by atoms with Crippen LogP contribution in [0, 0.1) is 0 Å². The normalized spacial score (nSPS) is 19.4. The van der Waals surface area contributed by atoms with Crippen molar-refractivity contribution < 1.29 is 13.7 Å². The Hall–Kier alpha value is -1.63. The third kappa shape index (κ3) is 2.05. The summed E-state index contributed by atoms with van der Waals surface area (Å²) in [7, 11) is 0. The zero-order valence-corrected chi connectivity index (χ0v) is 11.0. The highest BCUT2D eigenvalue weighted by molar-refractivity contribution is 9.10. The van der Waals surface area contributed by atoms with Crippen molar-refractivity contribution in [3.8, 4) is 0 Å². The van der Waals surface area contributed by atoms with E-state index in [4.69, 9.17) is 8.94 Å². The summed E-state index contributed by atoms with van der Waals surface area (Å²) in [5.41, 5.74) is 0. The maximum Gasteiger partial charge on any atom is 0.289 e. The Labute approximate surface area is 111 Å². The zero-order valence-electron chi connectivity index (χ0n) is 9.38. The lowest BCUT2D eigenvalue weighted by Crippen LogP contribution is -2.28. The largest absolute Gasteiger partial charge is 0.444 e. The molecule has 1 atom stereocenters. The summed E-state index contributed by atoms with van der Waals surface area (Å²) < 4.78 is 10.5. The number of furan rings is 1. The second kappa shape index (κ2) is 4.56. The molecular formula is C11H10BrN3O3. The number of carbonyl (C=O) groups excluding carboxylic acids is 1. The zero-order chi connectivity index (χ0) is 12.5. The first kappa shape index (κ1) is 11.5. The molecule has 1 saturated heterocycles. The maximum atomic E-state index is 12.1. The Bertz CT molecular complexity index is 552. The summed E-state index contributed by atoms with van der Waals surface area (Å²) in [6.45, 7) is 1.27. The standard InChI is InChI=1S/C11H10BrN3O3/c12-9-2-1-8(18-9)11(16)15-4-3-7(5-15)10-13-6-17-14-10/h1-2,6-7H,3-5H2/t7-/m1/s1. The molecule has 0 N–H and O–H groups in total. The monoisotopic (exact) mass is 311 g/mol. The topological polar surface area (TPSA) is 72.4 Å². The molecule has 1 fully saturated rings. The summed E-state index contributed by atoms with van der Waals surface area (Å²) in [4.78, 5) is 17.9. The molecule has 18 heavy (non-hydrogen) atoms. The number of nitrogens with zero attached hydrogens (tertiary/aromatic N) is 3.